The molecule has 2 N–H and O–H groups in total. The fourth-order valence-corrected chi connectivity index (χ4v) is 3.68. The van der Waals surface area contributed by atoms with Gasteiger partial charge in [-0.15, -0.1) is 0 Å². The first-order valence-electron chi connectivity index (χ1n) is 10.3. The lowest BCUT2D eigenvalue weighted by atomic mass is 10.0. The molecule has 2 aromatic rings. The summed E-state index contributed by atoms with van der Waals surface area (Å²) in [6.45, 7) is 1.57. The molecule has 2 aromatic carbocycles. The molecular formula is C23H24N2O7. The van der Waals surface area contributed by atoms with Crippen LogP contribution in [0.15, 0.2) is 36.4 Å². The van der Waals surface area contributed by atoms with E-state index in [0.717, 1.165) is 4.90 Å². The van der Waals surface area contributed by atoms with Crippen molar-refractivity contribution in [3.05, 3.63) is 58.7 Å². The highest BCUT2D eigenvalue weighted by molar-refractivity contribution is 6.22. The maximum absolute atomic E-state index is 12.6. The van der Waals surface area contributed by atoms with Crippen molar-refractivity contribution in [3.63, 3.8) is 0 Å². The summed E-state index contributed by atoms with van der Waals surface area (Å²) < 4.78 is 16.0. The van der Waals surface area contributed by atoms with Crippen molar-refractivity contribution in [1.29, 1.82) is 0 Å². The van der Waals surface area contributed by atoms with Crippen LogP contribution in [0.5, 0.6) is 11.5 Å². The Balaban J connectivity index is 1.40. The van der Waals surface area contributed by atoms with E-state index in [-0.39, 0.29) is 35.7 Å². The first-order chi connectivity index (χ1) is 15.5. The largest absolute Gasteiger partial charge is 0.486 e. The smallest absolute Gasteiger partial charge is 0.261 e. The van der Waals surface area contributed by atoms with E-state index in [0.29, 0.717) is 43.3 Å². The molecule has 0 spiro atoms. The van der Waals surface area contributed by atoms with Crippen molar-refractivity contribution in [2.45, 2.75) is 12.5 Å². The topological polar surface area (TPSA) is 114 Å². The molecule has 0 saturated heterocycles. The first-order valence-corrected chi connectivity index (χ1v) is 10.3. The number of rotatable bonds is 8. The van der Waals surface area contributed by atoms with Gasteiger partial charge in [-0.25, -0.2) is 0 Å². The van der Waals surface area contributed by atoms with Crippen LogP contribution >= 0.6 is 0 Å². The third-order valence-electron chi connectivity index (χ3n) is 5.37. The van der Waals surface area contributed by atoms with Gasteiger partial charge in [-0.2, -0.15) is 0 Å². The quantitative estimate of drug-likeness (QED) is 0.473. The molecule has 2 aliphatic rings. The molecule has 2 aliphatic heterocycles. The maximum Gasteiger partial charge on any atom is 0.261 e. The van der Waals surface area contributed by atoms with Gasteiger partial charge in [0.25, 0.3) is 17.7 Å². The van der Waals surface area contributed by atoms with Gasteiger partial charge >= 0.3 is 0 Å². The van der Waals surface area contributed by atoms with Crippen LogP contribution in [0.1, 0.15) is 49.2 Å². The summed E-state index contributed by atoms with van der Waals surface area (Å²) in [6, 6.07) is 9.51. The number of methoxy groups -OCH3 is 1. The Labute approximate surface area is 184 Å². The van der Waals surface area contributed by atoms with Crippen molar-refractivity contribution in [3.8, 4) is 11.5 Å². The number of nitrogens with one attached hydrogen (secondary N) is 1. The predicted octanol–water partition coefficient (Wildman–Crippen LogP) is 1.55. The third kappa shape index (κ3) is 4.30. The number of hydrogen-bond donors (Lipinski definition) is 2. The number of aliphatic hydroxyl groups is 1. The van der Waals surface area contributed by atoms with E-state index in [2.05, 4.69) is 5.32 Å². The molecule has 0 aliphatic carbocycles. The molecule has 32 heavy (non-hydrogen) atoms. The average molecular weight is 440 g/mol. The molecule has 1 unspecified atom stereocenters. The third-order valence-corrected chi connectivity index (χ3v) is 5.37. The normalized spacial score (nSPS) is 15.5. The van der Waals surface area contributed by atoms with Gasteiger partial charge in [0, 0.05) is 32.4 Å². The predicted molar refractivity (Wildman–Crippen MR) is 113 cm³/mol. The number of hydrogen-bond acceptors (Lipinski definition) is 7. The second-order valence-electron chi connectivity index (χ2n) is 7.50. The number of nitrogens with zero attached hydrogens (tertiary/aromatic N) is 1. The Morgan fingerprint density at radius 1 is 1.09 bits per heavy atom. The second-order valence-corrected chi connectivity index (χ2v) is 7.50. The van der Waals surface area contributed by atoms with Crippen molar-refractivity contribution < 1.29 is 33.7 Å². The number of carbonyl (C=O) groups excluding carboxylic acids is 3. The SMILES string of the molecule is COCCCN1C(=O)c2ccc(C(=O)NCC(O)c3ccc4c(c3)OCCO4)cc2C1=O. The number of amides is 3. The van der Waals surface area contributed by atoms with E-state index < -0.39 is 17.9 Å². The summed E-state index contributed by atoms with van der Waals surface area (Å²) in [5.41, 5.74) is 1.29. The van der Waals surface area contributed by atoms with Crippen molar-refractivity contribution in [1.82, 2.24) is 10.2 Å². The summed E-state index contributed by atoms with van der Waals surface area (Å²) in [5, 5.41) is 13.1. The first kappa shape index (κ1) is 21.8. The zero-order valence-electron chi connectivity index (χ0n) is 17.6. The van der Waals surface area contributed by atoms with Crippen LogP contribution in [0.4, 0.5) is 0 Å². The minimum Gasteiger partial charge on any atom is -0.486 e. The van der Waals surface area contributed by atoms with Crippen molar-refractivity contribution in [2.75, 3.05) is 40.0 Å². The van der Waals surface area contributed by atoms with Gasteiger partial charge in [-0.1, -0.05) is 6.07 Å². The van der Waals surface area contributed by atoms with Gasteiger partial charge in [-0.3, -0.25) is 19.3 Å². The van der Waals surface area contributed by atoms with Gasteiger partial charge in [0.15, 0.2) is 11.5 Å². The van der Waals surface area contributed by atoms with Crippen LogP contribution in [0.2, 0.25) is 0 Å². The Kier molecular flexibility index (Phi) is 6.38. The molecule has 0 aromatic heterocycles. The fraction of sp³-hybridized carbons (Fsp3) is 0.348. The molecule has 0 bridgehead atoms. The molecule has 0 saturated carbocycles. The second kappa shape index (κ2) is 9.37. The van der Waals surface area contributed by atoms with Crippen molar-refractivity contribution in [2.24, 2.45) is 0 Å². The molecule has 4 rings (SSSR count). The minimum atomic E-state index is -0.955. The zero-order valence-corrected chi connectivity index (χ0v) is 17.6. The number of benzene rings is 2. The number of ether oxygens (including phenoxy) is 3. The molecular weight excluding hydrogens is 416 g/mol. The monoisotopic (exact) mass is 440 g/mol. The van der Waals surface area contributed by atoms with Crippen LogP contribution < -0.4 is 14.8 Å². The summed E-state index contributed by atoms with van der Waals surface area (Å²) in [6.07, 6.45) is -0.420. The van der Waals surface area contributed by atoms with E-state index in [4.69, 9.17) is 14.2 Å². The Bertz CT molecular complexity index is 1050. The van der Waals surface area contributed by atoms with Crippen LogP contribution in [0.25, 0.3) is 0 Å². The number of fused-ring (bicyclic) bond motifs is 2. The maximum atomic E-state index is 12.6. The summed E-state index contributed by atoms with van der Waals surface area (Å²) in [7, 11) is 1.55. The highest BCUT2D eigenvalue weighted by Gasteiger charge is 2.35. The van der Waals surface area contributed by atoms with Crippen LogP contribution in [0, 0.1) is 0 Å². The molecule has 3 amide bonds. The van der Waals surface area contributed by atoms with E-state index in [1.807, 2.05) is 0 Å². The molecule has 168 valence electrons. The van der Waals surface area contributed by atoms with E-state index in [9.17, 15) is 19.5 Å². The molecule has 2 heterocycles. The number of imide groups is 1. The molecule has 9 heteroatoms. The molecule has 9 nitrogen and oxygen atoms in total. The lowest BCUT2D eigenvalue weighted by Crippen LogP contribution is -2.31. The Morgan fingerprint density at radius 3 is 2.62 bits per heavy atom. The van der Waals surface area contributed by atoms with Gasteiger partial charge in [0.05, 0.1) is 17.2 Å². The van der Waals surface area contributed by atoms with Gasteiger partial charge in [-0.05, 0) is 42.3 Å². The van der Waals surface area contributed by atoms with E-state index >= 15 is 0 Å². The average Bonchev–Trinajstić information content (AvgIpc) is 3.06. The van der Waals surface area contributed by atoms with Gasteiger partial charge < -0.3 is 24.6 Å². The highest BCUT2D eigenvalue weighted by Crippen LogP contribution is 2.32. The highest BCUT2D eigenvalue weighted by atomic mass is 16.6. The summed E-state index contributed by atoms with van der Waals surface area (Å²) in [5.74, 6) is -0.0857. The standard InChI is InChI=1S/C23H24N2O7/c1-30-8-2-7-25-22(28)16-5-3-15(11-17(16)23(25)29)21(27)24-13-18(26)14-4-6-19-20(12-14)32-10-9-31-19/h3-6,11-12,18,26H,2,7-10,13H2,1H3,(H,24,27). The summed E-state index contributed by atoms with van der Waals surface area (Å²) >= 11 is 0. The molecule has 0 radical (unpaired) electrons. The van der Waals surface area contributed by atoms with Crippen LogP contribution in [-0.4, -0.2) is 67.7 Å². The number of carbonyl (C=O) groups is 3. The van der Waals surface area contributed by atoms with E-state index in [1.54, 1.807) is 25.3 Å². The lowest BCUT2D eigenvalue weighted by Gasteiger charge is -2.20. The van der Waals surface area contributed by atoms with Gasteiger partial charge in [0.2, 0.25) is 0 Å². The zero-order chi connectivity index (χ0) is 22.7. The summed E-state index contributed by atoms with van der Waals surface area (Å²) in [4.78, 5) is 38.8. The Morgan fingerprint density at radius 2 is 1.84 bits per heavy atom. The fourth-order valence-electron chi connectivity index (χ4n) is 3.68. The molecule has 0 fully saturated rings. The Hall–Kier alpha value is -3.43. The van der Waals surface area contributed by atoms with E-state index in [1.165, 1.54) is 18.2 Å². The van der Waals surface area contributed by atoms with Crippen LogP contribution in [0.3, 0.4) is 0 Å². The minimum absolute atomic E-state index is 0.0361. The van der Waals surface area contributed by atoms with Gasteiger partial charge in [0.1, 0.15) is 13.2 Å². The lowest BCUT2D eigenvalue weighted by molar-refractivity contribution is 0.0638. The number of aliphatic hydroxyl groups excluding tert-OH is 1. The van der Waals surface area contributed by atoms with Crippen LogP contribution in [-0.2, 0) is 4.74 Å². The van der Waals surface area contributed by atoms with Crippen molar-refractivity contribution >= 4 is 17.7 Å². The molecule has 1 atom stereocenters.